The van der Waals surface area contributed by atoms with Crippen LogP contribution >= 0.6 is 11.3 Å². The minimum atomic E-state index is 0.0325. The number of hydrogen-bond acceptors (Lipinski definition) is 2. The third-order valence-electron chi connectivity index (χ3n) is 3.79. The summed E-state index contributed by atoms with van der Waals surface area (Å²) in [6.45, 7) is 4.21. The molecule has 1 aliphatic rings. The smallest absolute Gasteiger partial charge is 0.317 e. The van der Waals surface area contributed by atoms with Crippen LogP contribution in [-0.4, -0.2) is 17.5 Å². The van der Waals surface area contributed by atoms with Crippen LogP contribution in [0.3, 0.4) is 0 Å². The summed E-state index contributed by atoms with van der Waals surface area (Å²) in [7, 11) is 0. The molecule has 0 saturated heterocycles. The molecule has 1 N–H and O–H groups in total. The highest BCUT2D eigenvalue weighted by Gasteiger charge is 2.21. The maximum Gasteiger partial charge on any atom is 0.317 e. The summed E-state index contributed by atoms with van der Waals surface area (Å²) >= 11 is 1.79. The molecule has 0 unspecified atom stereocenters. The van der Waals surface area contributed by atoms with Gasteiger partial charge in [0, 0.05) is 24.5 Å². The van der Waals surface area contributed by atoms with Crippen molar-refractivity contribution in [3.8, 4) is 0 Å². The second-order valence-corrected chi connectivity index (χ2v) is 6.13. The molecule has 20 heavy (non-hydrogen) atoms. The Bertz CT molecular complexity index is 620. The van der Waals surface area contributed by atoms with Crippen molar-refractivity contribution in [3.05, 3.63) is 57.3 Å². The van der Waals surface area contributed by atoms with Crippen molar-refractivity contribution in [3.63, 3.8) is 0 Å². The van der Waals surface area contributed by atoms with Crippen molar-refractivity contribution in [2.24, 2.45) is 0 Å². The van der Waals surface area contributed by atoms with Crippen LogP contribution < -0.4 is 5.32 Å². The number of benzene rings is 1. The molecule has 0 aliphatic carbocycles. The van der Waals surface area contributed by atoms with E-state index in [-0.39, 0.29) is 6.03 Å². The molecule has 0 saturated carbocycles. The van der Waals surface area contributed by atoms with Crippen molar-refractivity contribution >= 4 is 17.4 Å². The van der Waals surface area contributed by atoms with Crippen LogP contribution in [0.1, 0.15) is 21.6 Å². The summed E-state index contributed by atoms with van der Waals surface area (Å²) in [5.74, 6) is 0. The second-order valence-electron chi connectivity index (χ2n) is 5.13. The fourth-order valence-electron chi connectivity index (χ4n) is 2.51. The molecule has 2 aromatic rings. The molecule has 1 aliphatic heterocycles. The fraction of sp³-hybridized carbons (Fsp3) is 0.312. The molecule has 1 aromatic carbocycles. The number of fused-ring (bicyclic) bond motifs is 1. The number of nitrogens with one attached hydrogen (secondary N) is 1. The molecule has 3 rings (SSSR count). The zero-order chi connectivity index (χ0) is 13.9. The first-order valence-electron chi connectivity index (χ1n) is 6.86. The first kappa shape index (κ1) is 13.2. The number of urea groups is 1. The Labute approximate surface area is 123 Å². The van der Waals surface area contributed by atoms with E-state index < -0.39 is 0 Å². The molecule has 0 radical (unpaired) electrons. The quantitative estimate of drug-likeness (QED) is 0.902. The molecule has 2 amide bonds. The number of rotatable bonds is 2. The van der Waals surface area contributed by atoms with Crippen LogP contribution in [0.5, 0.6) is 0 Å². The SMILES string of the molecule is Cc1ccccc1CNC(=O)N1CCc2sccc2C1. The van der Waals surface area contributed by atoms with Gasteiger partial charge in [-0.1, -0.05) is 24.3 Å². The van der Waals surface area contributed by atoms with Crippen LogP contribution in [-0.2, 0) is 19.5 Å². The number of carbonyl (C=O) groups excluding carboxylic acids is 1. The minimum absolute atomic E-state index is 0.0325. The maximum atomic E-state index is 12.2. The highest BCUT2D eigenvalue weighted by Crippen LogP contribution is 2.23. The van der Waals surface area contributed by atoms with E-state index >= 15 is 0 Å². The lowest BCUT2D eigenvalue weighted by molar-refractivity contribution is 0.192. The van der Waals surface area contributed by atoms with Gasteiger partial charge in [0.15, 0.2) is 0 Å². The topological polar surface area (TPSA) is 32.3 Å². The van der Waals surface area contributed by atoms with Gasteiger partial charge in [0.25, 0.3) is 0 Å². The zero-order valence-corrected chi connectivity index (χ0v) is 12.4. The Morgan fingerprint density at radius 3 is 3.05 bits per heavy atom. The van der Waals surface area contributed by atoms with E-state index in [4.69, 9.17) is 0 Å². The standard InChI is InChI=1S/C16H18N2OS/c1-12-4-2-3-5-13(12)10-17-16(19)18-8-6-15-14(11-18)7-9-20-15/h2-5,7,9H,6,8,10-11H2,1H3,(H,17,19). The van der Waals surface area contributed by atoms with E-state index in [0.717, 1.165) is 19.5 Å². The molecule has 104 valence electrons. The summed E-state index contributed by atoms with van der Waals surface area (Å²) in [5, 5.41) is 5.13. The second kappa shape index (κ2) is 5.67. The van der Waals surface area contributed by atoms with Gasteiger partial charge >= 0.3 is 6.03 Å². The van der Waals surface area contributed by atoms with Crippen LogP contribution in [0.15, 0.2) is 35.7 Å². The van der Waals surface area contributed by atoms with Crippen LogP contribution in [0.25, 0.3) is 0 Å². The summed E-state index contributed by atoms with van der Waals surface area (Å²) in [6.07, 6.45) is 0.977. The van der Waals surface area contributed by atoms with E-state index in [1.54, 1.807) is 11.3 Å². The number of thiophene rings is 1. The highest BCUT2D eigenvalue weighted by molar-refractivity contribution is 7.10. The van der Waals surface area contributed by atoms with Gasteiger partial charge in [-0.15, -0.1) is 11.3 Å². The van der Waals surface area contributed by atoms with Gasteiger partial charge in [-0.3, -0.25) is 0 Å². The van der Waals surface area contributed by atoms with Gasteiger partial charge in [0.1, 0.15) is 0 Å². The number of amides is 2. The van der Waals surface area contributed by atoms with E-state index in [1.165, 1.54) is 21.6 Å². The molecule has 0 atom stereocenters. The maximum absolute atomic E-state index is 12.2. The largest absolute Gasteiger partial charge is 0.334 e. The molecule has 4 heteroatoms. The van der Waals surface area contributed by atoms with Crippen molar-refractivity contribution < 1.29 is 4.79 Å². The third-order valence-corrected chi connectivity index (χ3v) is 4.81. The van der Waals surface area contributed by atoms with Crippen LogP contribution in [0.4, 0.5) is 4.79 Å². The predicted molar refractivity (Wildman–Crippen MR) is 81.8 cm³/mol. The average molecular weight is 286 g/mol. The summed E-state index contributed by atoms with van der Waals surface area (Å²) < 4.78 is 0. The molecule has 0 bridgehead atoms. The fourth-order valence-corrected chi connectivity index (χ4v) is 3.40. The molecule has 2 heterocycles. The number of carbonyl (C=O) groups is 1. The average Bonchev–Trinajstić information content (AvgIpc) is 2.93. The van der Waals surface area contributed by atoms with Gasteiger partial charge in [0.2, 0.25) is 0 Å². The minimum Gasteiger partial charge on any atom is -0.334 e. The number of aryl methyl sites for hydroxylation is 1. The van der Waals surface area contributed by atoms with Gasteiger partial charge < -0.3 is 10.2 Å². The number of nitrogens with zero attached hydrogens (tertiary/aromatic N) is 1. The summed E-state index contributed by atoms with van der Waals surface area (Å²) in [4.78, 5) is 15.6. The summed E-state index contributed by atoms with van der Waals surface area (Å²) in [5.41, 5.74) is 3.69. The van der Waals surface area contributed by atoms with Crippen molar-refractivity contribution in [2.75, 3.05) is 6.54 Å². The highest BCUT2D eigenvalue weighted by atomic mass is 32.1. The van der Waals surface area contributed by atoms with Crippen molar-refractivity contribution in [1.82, 2.24) is 10.2 Å². The third kappa shape index (κ3) is 2.70. The lowest BCUT2D eigenvalue weighted by Gasteiger charge is -2.27. The first-order valence-corrected chi connectivity index (χ1v) is 7.74. The van der Waals surface area contributed by atoms with Gasteiger partial charge in [-0.25, -0.2) is 4.79 Å². The molecule has 0 spiro atoms. The molecule has 3 nitrogen and oxygen atoms in total. The normalized spacial score (nSPS) is 13.9. The van der Waals surface area contributed by atoms with Crippen LogP contribution in [0, 0.1) is 6.92 Å². The number of hydrogen-bond donors (Lipinski definition) is 1. The van der Waals surface area contributed by atoms with E-state index in [9.17, 15) is 4.79 Å². The predicted octanol–water partition coefficient (Wildman–Crippen LogP) is 3.32. The Hall–Kier alpha value is -1.81. The lowest BCUT2D eigenvalue weighted by atomic mass is 10.1. The van der Waals surface area contributed by atoms with Crippen LogP contribution in [0.2, 0.25) is 0 Å². The Balaban J connectivity index is 1.59. The van der Waals surface area contributed by atoms with Gasteiger partial charge in [-0.2, -0.15) is 0 Å². The molecule has 0 fully saturated rings. The molecular weight excluding hydrogens is 268 g/mol. The summed E-state index contributed by atoms with van der Waals surface area (Å²) in [6, 6.07) is 10.3. The lowest BCUT2D eigenvalue weighted by Crippen LogP contribution is -2.42. The van der Waals surface area contributed by atoms with E-state index in [2.05, 4.69) is 35.8 Å². The van der Waals surface area contributed by atoms with Gasteiger partial charge in [0.05, 0.1) is 0 Å². The van der Waals surface area contributed by atoms with E-state index in [0.29, 0.717) is 6.54 Å². The monoisotopic (exact) mass is 286 g/mol. The van der Waals surface area contributed by atoms with Crippen molar-refractivity contribution in [2.45, 2.75) is 26.4 Å². The zero-order valence-electron chi connectivity index (χ0n) is 11.6. The van der Waals surface area contributed by atoms with Gasteiger partial charge in [-0.05, 0) is 41.5 Å². The van der Waals surface area contributed by atoms with E-state index in [1.807, 2.05) is 17.0 Å². The Kier molecular flexibility index (Phi) is 3.74. The molecular formula is C16H18N2OS. The Morgan fingerprint density at radius 1 is 1.35 bits per heavy atom. The molecule has 1 aromatic heterocycles. The first-order chi connectivity index (χ1) is 9.74. The Morgan fingerprint density at radius 2 is 2.20 bits per heavy atom. The van der Waals surface area contributed by atoms with Crippen molar-refractivity contribution in [1.29, 1.82) is 0 Å².